The average Bonchev–Trinajstić information content (AvgIpc) is 2.25. The third-order valence-corrected chi connectivity index (χ3v) is 3.17. The van der Waals surface area contributed by atoms with Crippen LogP contribution in [0, 0.1) is 0 Å². The Kier molecular flexibility index (Phi) is 4.78. The Balaban J connectivity index is 2.66. The monoisotopic (exact) mass is 245 g/mol. The third kappa shape index (κ3) is 3.51. The molecule has 0 radical (unpaired) electrons. The number of thioether (sulfide) groups is 1. The Bertz CT molecular complexity index is 396. The van der Waals surface area contributed by atoms with Crippen molar-refractivity contribution in [3.05, 3.63) is 22.7 Å². The number of aliphatic hydroxyl groups excluding tert-OH is 2. The van der Waals surface area contributed by atoms with E-state index in [9.17, 15) is 9.90 Å². The molecule has 0 amide bonds. The van der Waals surface area contributed by atoms with Crippen molar-refractivity contribution in [2.75, 3.05) is 18.1 Å². The molecule has 0 bridgehead atoms. The fraction of sp³-hybridized carbons (Fsp3) is 0.556. The van der Waals surface area contributed by atoms with E-state index in [1.807, 2.05) is 6.92 Å². The zero-order valence-corrected chi connectivity index (χ0v) is 9.72. The number of aliphatic hydroxyl groups is 2. The molecule has 16 heavy (non-hydrogen) atoms. The largest absolute Gasteiger partial charge is 0.395 e. The average molecular weight is 245 g/mol. The van der Waals surface area contributed by atoms with Crippen molar-refractivity contribution < 1.29 is 10.2 Å². The molecular formula is C9H15N3O3S. The molecule has 1 aromatic rings. The summed E-state index contributed by atoms with van der Waals surface area (Å²) in [6, 6.07) is 1.45. The minimum atomic E-state index is -0.959. The van der Waals surface area contributed by atoms with E-state index in [4.69, 9.17) is 10.8 Å². The second kappa shape index (κ2) is 5.88. The lowest BCUT2D eigenvalue weighted by atomic mass is 10.5. The highest BCUT2D eigenvalue weighted by Gasteiger charge is 2.11. The van der Waals surface area contributed by atoms with E-state index in [0.29, 0.717) is 5.75 Å². The highest BCUT2D eigenvalue weighted by molar-refractivity contribution is 7.99. The minimum absolute atomic E-state index is 0.0205. The van der Waals surface area contributed by atoms with Gasteiger partial charge in [-0.3, -0.25) is 4.57 Å². The summed E-state index contributed by atoms with van der Waals surface area (Å²) in [7, 11) is 0. The molecule has 0 aliphatic rings. The van der Waals surface area contributed by atoms with Crippen molar-refractivity contribution in [1.82, 2.24) is 9.55 Å². The van der Waals surface area contributed by atoms with E-state index >= 15 is 0 Å². The second-order valence-electron chi connectivity index (χ2n) is 3.35. The summed E-state index contributed by atoms with van der Waals surface area (Å²) < 4.78 is 1.10. The van der Waals surface area contributed by atoms with Crippen LogP contribution in [0.2, 0.25) is 0 Å². The molecule has 1 heterocycles. The Morgan fingerprint density at radius 1 is 1.69 bits per heavy atom. The lowest BCUT2D eigenvalue weighted by Crippen LogP contribution is -2.28. The van der Waals surface area contributed by atoms with Gasteiger partial charge in [-0.2, -0.15) is 16.7 Å². The molecule has 0 fully saturated rings. The summed E-state index contributed by atoms with van der Waals surface area (Å²) in [5, 5.41) is 18.5. The first-order chi connectivity index (χ1) is 7.54. The van der Waals surface area contributed by atoms with Gasteiger partial charge in [0.15, 0.2) is 0 Å². The molecule has 90 valence electrons. The molecule has 0 unspecified atom stereocenters. The Hall–Kier alpha value is -1.05. The molecule has 1 rings (SSSR count). The van der Waals surface area contributed by atoms with Crippen LogP contribution in [-0.2, 0) is 0 Å². The van der Waals surface area contributed by atoms with E-state index in [1.54, 1.807) is 0 Å². The van der Waals surface area contributed by atoms with E-state index < -0.39 is 11.9 Å². The van der Waals surface area contributed by atoms with Crippen LogP contribution < -0.4 is 11.4 Å². The number of hydrogen-bond acceptors (Lipinski definition) is 6. The number of nitrogen functional groups attached to an aromatic ring is 1. The van der Waals surface area contributed by atoms with E-state index in [1.165, 1.54) is 24.0 Å². The summed E-state index contributed by atoms with van der Waals surface area (Å²) in [5.74, 6) is 0.442. The number of nitrogens with zero attached hydrogens (tertiary/aromatic N) is 2. The summed E-state index contributed by atoms with van der Waals surface area (Å²) in [6.45, 7) is 1.87. The summed E-state index contributed by atoms with van der Waals surface area (Å²) in [4.78, 5) is 14.9. The van der Waals surface area contributed by atoms with Crippen LogP contribution in [0.15, 0.2) is 17.1 Å². The molecule has 0 saturated heterocycles. The van der Waals surface area contributed by atoms with Crippen molar-refractivity contribution in [2.24, 2.45) is 0 Å². The summed E-state index contributed by atoms with van der Waals surface area (Å²) in [6.07, 6.45) is 0.444. The molecule has 0 saturated carbocycles. The van der Waals surface area contributed by atoms with Gasteiger partial charge >= 0.3 is 5.69 Å². The molecule has 2 atom stereocenters. The van der Waals surface area contributed by atoms with E-state index in [0.717, 1.165) is 4.57 Å². The molecule has 6 nitrogen and oxygen atoms in total. The fourth-order valence-electron chi connectivity index (χ4n) is 1.04. The first-order valence-corrected chi connectivity index (χ1v) is 5.84. The van der Waals surface area contributed by atoms with Crippen LogP contribution in [-0.4, -0.2) is 37.4 Å². The SMILES string of the molecule is C[C@@H](CO)SC[C@H](O)n1ccc(N)nc1=O. The first-order valence-electron chi connectivity index (χ1n) is 4.79. The van der Waals surface area contributed by atoms with Gasteiger partial charge in [0.25, 0.3) is 0 Å². The standard InChI is InChI=1S/C9H15N3O3S/c1-6(4-13)16-5-8(14)12-3-2-7(10)11-9(12)15/h2-3,6,8,13-14H,4-5H2,1H3,(H2,10,11,15)/t6-,8-/m0/s1. The van der Waals surface area contributed by atoms with Gasteiger partial charge in [-0.15, -0.1) is 0 Å². The van der Waals surface area contributed by atoms with Gasteiger partial charge in [0, 0.05) is 17.2 Å². The van der Waals surface area contributed by atoms with Gasteiger partial charge in [0.2, 0.25) is 0 Å². The molecular weight excluding hydrogens is 230 g/mol. The predicted octanol–water partition coefficient (Wildman–Crippen LogP) is -0.570. The summed E-state index contributed by atoms with van der Waals surface area (Å²) >= 11 is 1.37. The Labute approximate surface area is 97.1 Å². The normalized spacial score (nSPS) is 14.7. The second-order valence-corrected chi connectivity index (χ2v) is 4.82. The molecule has 0 aliphatic heterocycles. The number of anilines is 1. The van der Waals surface area contributed by atoms with Crippen LogP contribution >= 0.6 is 11.8 Å². The summed E-state index contributed by atoms with van der Waals surface area (Å²) in [5.41, 5.74) is 4.75. The Morgan fingerprint density at radius 3 is 2.94 bits per heavy atom. The van der Waals surface area contributed by atoms with Crippen molar-refractivity contribution in [3.8, 4) is 0 Å². The van der Waals surface area contributed by atoms with Crippen molar-refractivity contribution >= 4 is 17.6 Å². The number of rotatable bonds is 5. The molecule has 0 aliphatic carbocycles. The Morgan fingerprint density at radius 2 is 2.38 bits per heavy atom. The van der Waals surface area contributed by atoms with Crippen LogP contribution in [0.4, 0.5) is 5.82 Å². The lowest BCUT2D eigenvalue weighted by molar-refractivity contribution is 0.123. The van der Waals surface area contributed by atoms with Gasteiger partial charge in [0.1, 0.15) is 12.0 Å². The smallest absolute Gasteiger partial charge is 0.351 e. The molecule has 1 aromatic heterocycles. The topological polar surface area (TPSA) is 101 Å². The molecule has 7 heteroatoms. The zero-order valence-electron chi connectivity index (χ0n) is 8.91. The van der Waals surface area contributed by atoms with E-state index in [2.05, 4.69) is 4.98 Å². The fourth-order valence-corrected chi connectivity index (χ4v) is 1.80. The highest BCUT2D eigenvalue weighted by Crippen LogP contribution is 2.15. The van der Waals surface area contributed by atoms with Gasteiger partial charge in [-0.25, -0.2) is 4.79 Å². The van der Waals surface area contributed by atoms with Gasteiger partial charge in [-0.1, -0.05) is 6.92 Å². The maximum atomic E-state index is 11.3. The van der Waals surface area contributed by atoms with Gasteiger partial charge in [-0.05, 0) is 6.07 Å². The highest BCUT2D eigenvalue weighted by atomic mass is 32.2. The minimum Gasteiger partial charge on any atom is -0.395 e. The van der Waals surface area contributed by atoms with Crippen molar-refractivity contribution in [3.63, 3.8) is 0 Å². The third-order valence-electron chi connectivity index (χ3n) is 1.96. The van der Waals surface area contributed by atoms with Gasteiger partial charge < -0.3 is 15.9 Å². The van der Waals surface area contributed by atoms with Crippen LogP contribution in [0.5, 0.6) is 0 Å². The van der Waals surface area contributed by atoms with Crippen molar-refractivity contribution in [2.45, 2.75) is 18.4 Å². The predicted molar refractivity (Wildman–Crippen MR) is 63.2 cm³/mol. The molecule has 4 N–H and O–H groups in total. The van der Waals surface area contributed by atoms with E-state index in [-0.39, 0.29) is 17.7 Å². The van der Waals surface area contributed by atoms with Crippen molar-refractivity contribution in [1.29, 1.82) is 0 Å². The zero-order chi connectivity index (χ0) is 12.1. The number of aromatic nitrogens is 2. The molecule has 0 aromatic carbocycles. The lowest BCUT2D eigenvalue weighted by Gasteiger charge is -2.15. The van der Waals surface area contributed by atoms with Crippen LogP contribution in [0.25, 0.3) is 0 Å². The first kappa shape index (κ1) is 13.0. The quantitative estimate of drug-likeness (QED) is 0.642. The maximum absolute atomic E-state index is 11.3. The van der Waals surface area contributed by atoms with Crippen LogP contribution in [0.1, 0.15) is 13.2 Å². The van der Waals surface area contributed by atoms with Gasteiger partial charge in [0.05, 0.1) is 6.61 Å². The number of nitrogens with two attached hydrogens (primary N) is 1. The number of hydrogen-bond donors (Lipinski definition) is 3. The maximum Gasteiger partial charge on any atom is 0.351 e. The van der Waals surface area contributed by atoms with Crippen LogP contribution in [0.3, 0.4) is 0 Å². The molecule has 0 spiro atoms.